The predicted octanol–water partition coefficient (Wildman–Crippen LogP) is 3.09. The molecule has 0 aliphatic carbocycles. The van der Waals surface area contributed by atoms with Crippen LogP contribution in [0.3, 0.4) is 0 Å². The van der Waals surface area contributed by atoms with Gasteiger partial charge < -0.3 is 29.5 Å². The van der Waals surface area contributed by atoms with Crippen molar-refractivity contribution in [1.29, 1.82) is 0 Å². The second-order valence-electron chi connectivity index (χ2n) is 8.92. The quantitative estimate of drug-likeness (QED) is 0.520. The number of nitrogens with zero attached hydrogens (tertiary/aromatic N) is 5. The number of likely N-dealkylation sites (tertiary alicyclic amines) is 1. The number of aromatic nitrogens is 3. The fraction of sp³-hybridized carbons (Fsp3) is 0.417. The topological polar surface area (TPSA) is 115 Å². The van der Waals surface area contributed by atoms with Crippen LogP contribution in [-0.2, 0) is 10.2 Å². The number of H-pyrrole nitrogens is 1. The van der Waals surface area contributed by atoms with E-state index < -0.39 is 11.5 Å². The highest BCUT2D eigenvalue weighted by Crippen LogP contribution is 2.39. The molecule has 5 rings (SSSR count). The molecule has 0 spiro atoms. The Morgan fingerprint density at radius 2 is 1.71 bits per heavy atom. The van der Waals surface area contributed by atoms with E-state index in [1.165, 1.54) is 4.90 Å². The lowest BCUT2D eigenvalue weighted by Gasteiger charge is -2.45. The fourth-order valence-corrected chi connectivity index (χ4v) is 5.67. The lowest BCUT2D eigenvalue weighted by molar-refractivity contribution is -0.139. The van der Waals surface area contributed by atoms with E-state index in [4.69, 9.17) is 4.74 Å². The van der Waals surface area contributed by atoms with E-state index in [1.807, 2.05) is 35.4 Å². The summed E-state index contributed by atoms with van der Waals surface area (Å²) in [6.07, 6.45) is 3.36. The van der Waals surface area contributed by atoms with Gasteiger partial charge in [0.15, 0.2) is 0 Å². The molecule has 2 fully saturated rings. The molecule has 2 aliphatic rings. The van der Waals surface area contributed by atoms with Gasteiger partial charge in [-0.3, -0.25) is 4.79 Å². The van der Waals surface area contributed by atoms with Gasteiger partial charge in [0.05, 0.1) is 17.9 Å². The Bertz CT molecular complexity index is 1230. The minimum absolute atomic E-state index is 0.0583. The molecule has 2 amide bonds. The zero-order valence-electron chi connectivity index (χ0n) is 19.4. The van der Waals surface area contributed by atoms with Crippen LogP contribution in [0.15, 0.2) is 41.3 Å². The van der Waals surface area contributed by atoms with Gasteiger partial charge in [-0.2, -0.15) is 0 Å². The van der Waals surface area contributed by atoms with Gasteiger partial charge >= 0.3 is 6.09 Å². The van der Waals surface area contributed by atoms with Crippen molar-refractivity contribution in [3.63, 3.8) is 0 Å². The van der Waals surface area contributed by atoms with Crippen molar-refractivity contribution in [3.05, 3.63) is 46.8 Å². The molecule has 0 atom stereocenters. The van der Waals surface area contributed by atoms with Gasteiger partial charge in [-0.25, -0.2) is 14.8 Å². The third-order valence-electron chi connectivity index (χ3n) is 7.21. The van der Waals surface area contributed by atoms with Gasteiger partial charge in [-0.1, -0.05) is 12.1 Å². The van der Waals surface area contributed by atoms with Crippen LogP contribution in [0.2, 0.25) is 0 Å². The smallest absolute Gasteiger partial charge is 0.407 e. The van der Waals surface area contributed by atoms with Crippen LogP contribution < -0.4 is 9.64 Å². The number of anilines is 1. The van der Waals surface area contributed by atoms with Gasteiger partial charge in [-0.05, 0) is 46.5 Å². The lowest BCUT2D eigenvalue weighted by atomic mass is 9.71. The van der Waals surface area contributed by atoms with Crippen molar-refractivity contribution in [3.8, 4) is 5.75 Å². The molecule has 4 heterocycles. The lowest BCUT2D eigenvalue weighted by Crippen LogP contribution is -2.58. The van der Waals surface area contributed by atoms with E-state index >= 15 is 0 Å². The average molecular weight is 543 g/mol. The average Bonchev–Trinajstić information content (AvgIpc) is 3.29. The molecule has 2 aliphatic heterocycles. The number of halogens is 1. The summed E-state index contributed by atoms with van der Waals surface area (Å²) in [5.74, 6) is 1.62. The number of carbonyl (C=O) groups is 2. The number of piperidine rings is 1. The predicted molar refractivity (Wildman–Crippen MR) is 134 cm³/mol. The van der Waals surface area contributed by atoms with E-state index in [2.05, 4.69) is 35.8 Å². The van der Waals surface area contributed by atoms with Gasteiger partial charge in [-0.15, -0.1) is 0 Å². The number of nitrogens with one attached hydrogen (secondary N) is 1. The van der Waals surface area contributed by atoms with E-state index in [-0.39, 0.29) is 5.91 Å². The molecule has 2 saturated heterocycles. The third kappa shape index (κ3) is 4.18. The molecule has 3 aromatic rings. The summed E-state index contributed by atoms with van der Waals surface area (Å²) in [7, 11) is 1.61. The van der Waals surface area contributed by atoms with E-state index in [0.717, 1.165) is 32.6 Å². The second kappa shape index (κ2) is 9.37. The summed E-state index contributed by atoms with van der Waals surface area (Å²) in [6.45, 7) is 3.08. The first-order valence-corrected chi connectivity index (χ1v) is 12.4. The number of rotatable bonds is 4. The number of methoxy groups -OCH3 is 1. The number of hydrogen-bond donors (Lipinski definition) is 2. The van der Waals surface area contributed by atoms with Crippen LogP contribution in [0.4, 0.5) is 10.6 Å². The van der Waals surface area contributed by atoms with Crippen molar-refractivity contribution in [2.45, 2.75) is 18.3 Å². The molecule has 10 nitrogen and oxygen atoms in total. The Hall–Kier alpha value is -3.34. The van der Waals surface area contributed by atoms with Crippen molar-refractivity contribution < 1.29 is 19.4 Å². The molecule has 11 heteroatoms. The highest BCUT2D eigenvalue weighted by molar-refractivity contribution is 9.10. The second-order valence-corrected chi connectivity index (χ2v) is 9.77. The molecule has 0 saturated carbocycles. The zero-order valence-corrected chi connectivity index (χ0v) is 21.0. The molecule has 2 N–H and O–H groups in total. The number of aromatic amines is 1. The SMILES string of the molecule is COc1ccc(C2(C(=O)N3CCN(c4ncnc5[nH]cc(Br)c45)CC3)CCN(C(=O)O)CC2)cc1. The number of ether oxygens (including phenoxy) is 1. The number of piperazine rings is 1. The number of benzene rings is 1. The highest BCUT2D eigenvalue weighted by Gasteiger charge is 2.46. The number of fused-ring (bicyclic) bond motifs is 1. The van der Waals surface area contributed by atoms with Gasteiger partial charge in [0, 0.05) is 49.9 Å². The van der Waals surface area contributed by atoms with Crippen LogP contribution >= 0.6 is 15.9 Å². The number of carbonyl (C=O) groups excluding carboxylic acids is 1. The summed E-state index contributed by atoms with van der Waals surface area (Å²) in [4.78, 5) is 43.0. The van der Waals surface area contributed by atoms with Crippen LogP contribution in [0.5, 0.6) is 5.75 Å². The standard InChI is InChI=1S/C24H27BrN6O4/c1-35-17-4-2-16(3-5-17)24(6-8-31(9-7-24)23(33)34)22(32)30-12-10-29(11-13-30)21-19-18(25)14-26-20(19)27-15-28-21/h2-5,14-15H,6-13H2,1H3,(H,33,34)(H,26,27,28). The summed E-state index contributed by atoms with van der Waals surface area (Å²) in [5, 5.41) is 10.4. The highest BCUT2D eigenvalue weighted by atomic mass is 79.9. The minimum atomic E-state index is -0.943. The monoisotopic (exact) mass is 542 g/mol. The van der Waals surface area contributed by atoms with Crippen molar-refractivity contribution in [1.82, 2.24) is 24.8 Å². The first-order valence-electron chi connectivity index (χ1n) is 11.6. The normalized spacial score (nSPS) is 18.1. The van der Waals surface area contributed by atoms with E-state index in [1.54, 1.807) is 13.4 Å². The number of hydrogen-bond acceptors (Lipinski definition) is 6. The number of amides is 2. The largest absolute Gasteiger partial charge is 0.497 e. The first kappa shape index (κ1) is 23.4. The van der Waals surface area contributed by atoms with E-state index in [9.17, 15) is 14.7 Å². The van der Waals surface area contributed by atoms with Gasteiger partial charge in [0.1, 0.15) is 23.5 Å². The zero-order chi connectivity index (χ0) is 24.6. The first-order chi connectivity index (χ1) is 16.9. The van der Waals surface area contributed by atoms with Crippen molar-refractivity contribution >= 4 is 44.8 Å². The summed E-state index contributed by atoms with van der Waals surface area (Å²) >= 11 is 3.57. The number of carboxylic acid groups (broad SMARTS) is 1. The maximum absolute atomic E-state index is 14.0. The Labute approximate surface area is 211 Å². The minimum Gasteiger partial charge on any atom is -0.497 e. The fourth-order valence-electron chi connectivity index (χ4n) is 5.19. The molecular weight excluding hydrogens is 516 g/mol. The third-order valence-corrected chi connectivity index (χ3v) is 7.83. The molecule has 1 aromatic carbocycles. The summed E-state index contributed by atoms with van der Waals surface area (Å²) in [5.41, 5.74) is 0.917. The maximum atomic E-state index is 14.0. The Kier molecular flexibility index (Phi) is 6.26. The molecule has 0 bridgehead atoms. The van der Waals surface area contributed by atoms with E-state index in [0.29, 0.717) is 52.1 Å². The molecule has 2 aromatic heterocycles. The Morgan fingerprint density at radius 3 is 2.34 bits per heavy atom. The molecule has 184 valence electrons. The Morgan fingerprint density at radius 1 is 1.03 bits per heavy atom. The van der Waals surface area contributed by atoms with Crippen LogP contribution in [-0.4, -0.2) is 88.2 Å². The van der Waals surface area contributed by atoms with Crippen LogP contribution in [0.25, 0.3) is 11.0 Å². The summed E-state index contributed by atoms with van der Waals surface area (Å²) < 4.78 is 6.21. The molecule has 0 unspecified atom stereocenters. The summed E-state index contributed by atoms with van der Waals surface area (Å²) in [6, 6.07) is 7.59. The Balaban J connectivity index is 1.37. The van der Waals surface area contributed by atoms with Gasteiger partial charge in [0.2, 0.25) is 5.91 Å². The van der Waals surface area contributed by atoms with Crippen molar-refractivity contribution in [2.75, 3.05) is 51.3 Å². The van der Waals surface area contributed by atoms with Crippen LogP contribution in [0.1, 0.15) is 18.4 Å². The van der Waals surface area contributed by atoms with Gasteiger partial charge in [0.25, 0.3) is 0 Å². The molecule has 35 heavy (non-hydrogen) atoms. The molecular formula is C24H27BrN6O4. The van der Waals surface area contributed by atoms with Crippen LogP contribution in [0, 0.1) is 0 Å². The van der Waals surface area contributed by atoms with Crippen molar-refractivity contribution in [2.24, 2.45) is 0 Å². The maximum Gasteiger partial charge on any atom is 0.407 e. The molecule has 0 radical (unpaired) electrons.